The van der Waals surface area contributed by atoms with Gasteiger partial charge in [0, 0.05) is 29.2 Å². The third kappa shape index (κ3) is 6.44. The zero-order valence-electron chi connectivity index (χ0n) is 23.4. The first-order chi connectivity index (χ1) is 21.4. The van der Waals surface area contributed by atoms with E-state index in [9.17, 15) is 18.4 Å². The summed E-state index contributed by atoms with van der Waals surface area (Å²) in [6, 6.07) is 11.8. The van der Waals surface area contributed by atoms with E-state index in [1.165, 1.54) is 31.2 Å². The molecule has 2 N–H and O–H groups in total. The minimum absolute atomic E-state index is 0.132. The molecule has 0 unspecified atom stereocenters. The number of hydrogen-bond acceptors (Lipinski definition) is 8. The second-order valence-corrected chi connectivity index (χ2v) is 11.0. The molecule has 1 aliphatic rings. The van der Waals surface area contributed by atoms with Crippen LogP contribution in [0.25, 0.3) is 10.9 Å². The zero-order chi connectivity index (χ0) is 30.6. The van der Waals surface area contributed by atoms with E-state index in [1.807, 2.05) is 6.20 Å². The topological polar surface area (TPSA) is 108 Å². The Kier molecular flexibility index (Phi) is 8.58. The lowest BCUT2D eigenvalue weighted by Crippen LogP contribution is -2.21. The van der Waals surface area contributed by atoms with E-state index in [0.717, 1.165) is 43.9 Å². The Bertz CT molecular complexity index is 1830. The predicted molar refractivity (Wildman–Crippen MR) is 161 cm³/mol. The molecule has 0 bridgehead atoms. The van der Waals surface area contributed by atoms with Crippen LogP contribution >= 0.6 is 11.6 Å². The summed E-state index contributed by atoms with van der Waals surface area (Å²) in [5.41, 5.74) is 2.85. The number of aryl methyl sites for hydroxylation is 1. The number of benzene rings is 2. The first kappa shape index (κ1) is 29.3. The number of rotatable bonds is 10. The van der Waals surface area contributed by atoms with Gasteiger partial charge in [-0.1, -0.05) is 28.9 Å². The Morgan fingerprint density at radius 3 is 2.55 bits per heavy atom. The van der Waals surface area contributed by atoms with Crippen molar-refractivity contribution in [3.05, 3.63) is 100 Å². The van der Waals surface area contributed by atoms with Crippen molar-refractivity contribution in [3.63, 3.8) is 0 Å². The maximum atomic E-state index is 13.9. The molecule has 4 heterocycles. The van der Waals surface area contributed by atoms with Crippen LogP contribution in [0.1, 0.15) is 42.1 Å². The molecule has 1 fully saturated rings. The van der Waals surface area contributed by atoms with Gasteiger partial charge < -0.3 is 15.5 Å². The third-order valence-corrected chi connectivity index (χ3v) is 7.76. The Balaban J connectivity index is 1.35. The van der Waals surface area contributed by atoms with Gasteiger partial charge in [0.25, 0.3) is 0 Å². The number of aromatic nitrogens is 5. The highest BCUT2D eigenvalue weighted by atomic mass is 35.5. The molecule has 0 amide bonds. The third-order valence-electron chi connectivity index (χ3n) is 7.54. The molecule has 6 rings (SSSR count). The Morgan fingerprint density at radius 1 is 1.00 bits per heavy atom. The average Bonchev–Trinajstić information content (AvgIpc) is 3.71. The summed E-state index contributed by atoms with van der Waals surface area (Å²) in [6.07, 6.45) is 7.77. The highest BCUT2D eigenvalue weighted by Gasteiger charge is 2.22. The average molecular weight is 618 g/mol. The summed E-state index contributed by atoms with van der Waals surface area (Å²) < 4.78 is 43.1. The van der Waals surface area contributed by atoms with Crippen molar-refractivity contribution < 1.29 is 13.2 Å². The summed E-state index contributed by atoms with van der Waals surface area (Å²) in [5, 5.41) is 25.8. The standard InChI is InChI=1S/C31H27ClF3N9/c32-21-12-24-28(39-23-14-25(34)31(35)38-17-23)20(15-36)16-37-30(24)26(13-21)40-29(19-4-6-22(33)7-5-19)27-18-44(42-41-27)11-3-10-43-8-1-2-9-43/h4-7,12-14,16-18,29,40H,1-3,8-11H2,(H,37,39)/t29-/m0/s1. The van der Waals surface area contributed by atoms with Gasteiger partial charge in [0.1, 0.15) is 17.6 Å². The fourth-order valence-electron chi connectivity index (χ4n) is 5.39. The van der Waals surface area contributed by atoms with Gasteiger partial charge in [-0.3, -0.25) is 9.67 Å². The van der Waals surface area contributed by atoms with Crippen molar-refractivity contribution in [1.29, 1.82) is 5.26 Å². The normalized spacial score (nSPS) is 14.1. The van der Waals surface area contributed by atoms with Crippen molar-refractivity contribution in [2.45, 2.75) is 31.8 Å². The summed E-state index contributed by atoms with van der Waals surface area (Å²) in [7, 11) is 0. The molecule has 0 saturated carbocycles. The number of likely N-dealkylation sites (tertiary alicyclic amines) is 1. The molecule has 224 valence electrons. The maximum Gasteiger partial charge on any atom is 0.249 e. The van der Waals surface area contributed by atoms with Crippen LogP contribution in [0, 0.1) is 28.9 Å². The lowest BCUT2D eigenvalue weighted by Gasteiger charge is -2.21. The smallest absolute Gasteiger partial charge is 0.249 e. The van der Waals surface area contributed by atoms with Crippen LogP contribution in [0.4, 0.5) is 30.2 Å². The second kappa shape index (κ2) is 12.9. The largest absolute Gasteiger partial charge is 0.371 e. The molecule has 0 aliphatic carbocycles. The molecule has 44 heavy (non-hydrogen) atoms. The Hall–Kier alpha value is -4.73. The van der Waals surface area contributed by atoms with Gasteiger partial charge in [-0.25, -0.2) is 13.8 Å². The van der Waals surface area contributed by atoms with Gasteiger partial charge in [-0.05, 0) is 68.7 Å². The van der Waals surface area contributed by atoms with Crippen LogP contribution in [0.3, 0.4) is 0 Å². The monoisotopic (exact) mass is 617 g/mol. The van der Waals surface area contributed by atoms with Crippen LogP contribution in [0.15, 0.2) is 61.1 Å². The quantitative estimate of drug-likeness (QED) is 0.169. The molecule has 1 saturated heterocycles. The van der Waals surface area contributed by atoms with Crippen molar-refractivity contribution in [1.82, 2.24) is 29.9 Å². The lowest BCUT2D eigenvalue weighted by atomic mass is 10.0. The molecular weight excluding hydrogens is 591 g/mol. The number of halogens is 4. The van der Waals surface area contributed by atoms with Crippen molar-refractivity contribution in [2.24, 2.45) is 0 Å². The minimum Gasteiger partial charge on any atom is -0.371 e. The number of nitriles is 1. The summed E-state index contributed by atoms with van der Waals surface area (Å²) >= 11 is 6.57. The van der Waals surface area contributed by atoms with Crippen molar-refractivity contribution in [3.8, 4) is 6.07 Å². The number of anilines is 3. The van der Waals surface area contributed by atoms with Gasteiger partial charge in [0.15, 0.2) is 5.82 Å². The molecule has 1 atom stereocenters. The van der Waals surface area contributed by atoms with Crippen molar-refractivity contribution >= 4 is 39.6 Å². The van der Waals surface area contributed by atoms with Crippen LogP contribution in [0.2, 0.25) is 5.02 Å². The van der Waals surface area contributed by atoms with Gasteiger partial charge >= 0.3 is 0 Å². The molecule has 5 aromatic rings. The molecule has 13 heteroatoms. The number of pyridine rings is 2. The molecule has 0 spiro atoms. The van der Waals surface area contributed by atoms with Crippen LogP contribution < -0.4 is 10.6 Å². The second-order valence-electron chi connectivity index (χ2n) is 10.6. The fourth-order valence-corrected chi connectivity index (χ4v) is 5.61. The number of nitrogens with zero attached hydrogens (tertiary/aromatic N) is 7. The van der Waals surface area contributed by atoms with E-state index in [4.69, 9.17) is 11.6 Å². The van der Waals surface area contributed by atoms with Gasteiger partial charge in [-0.2, -0.15) is 9.65 Å². The van der Waals surface area contributed by atoms with E-state index >= 15 is 0 Å². The van der Waals surface area contributed by atoms with Gasteiger partial charge in [0.05, 0.1) is 46.6 Å². The molecule has 3 aromatic heterocycles. The molecular formula is C31H27ClF3N9. The summed E-state index contributed by atoms with van der Waals surface area (Å²) in [5.74, 6) is -2.75. The number of fused-ring (bicyclic) bond motifs is 1. The first-order valence-corrected chi connectivity index (χ1v) is 14.5. The minimum atomic E-state index is -1.24. The SMILES string of the molecule is N#Cc1cnc2c(N[C@@H](c3ccc(F)cc3)c3cn(CCCN4CCCC4)nn3)cc(Cl)cc2c1Nc1cnc(F)c(F)c1. The first-order valence-electron chi connectivity index (χ1n) is 14.1. The number of nitrogens with one attached hydrogen (secondary N) is 2. The van der Waals surface area contributed by atoms with Gasteiger partial charge in [-0.15, -0.1) is 5.10 Å². The van der Waals surface area contributed by atoms with E-state index in [-0.39, 0.29) is 22.8 Å². The highest BCUT2D eigenvalue weighted by Crippen LogP contribution is 2.37. The van der Waals surface area contributed by atoms with Crippen LogP contribution in [0.5, 0.6) is 0 Å². The van der Waals surface area contributed by atoms with Gasteiger partial charge in [0.2, 0.25) is 5.95 Å². The predicted octanol–water partition coefficient (Wildman–Crippen LogP) is 6.59. The molecule has 9 nitrogen and oxygen atoms in total. The molecule has 2 aromatic carbocycles. The Morgan fingerprint density at radius 2 is 1.80 bits per heavy atom. The van der Waals surface area contributed by atoms with E-state index in [2.05, 4.69) is 41.9 Å². The maximum absolute atomic E-state index is 13.9. The van der Waals surface area contributed by atoms with E-state index in [0.29, 0.717) is 33.9 Å². The highest BCUT2D eigenvalue weighted by molar-refractivity contribution is 6.32. The van der Waals surface area contributed by atoms with Crippen molar-refractivity contribution in [2.75, 3.05) is 30.3 Å². The lowest BCUT2D eigenvalue weighted by molar-refractivity contribution is 0.321. The summed E-state index contributed by atoms with van der Waals surface area (Å²) in [6.45, 7) is 3.96. The molecule has 1 aliphatic heterocycles. The summed E-state index contributed by atoms with van der Waals surface area (Å²) in [4.78, 5) is 10.4. The molecule has 0 radical (unpaired) electrons. The number of hydrogen-bond donors (Lipinski definition) is 2. The Labute approximate surface area is 256 Å². The van der Waals surface area contributed by atoms with Crippen LogP contribution in [-0.2, 0) is 6.54 Å². The van der Waals surface area contributed by atoms with E-state index < -0.39 is 17.8 Å². The fraction of sp³-hybridized carbons (Fsp3) is 0.258. The van der Waals surface area contributed by atoms with E-state index in [1.54, 1.807) is 28.9 Å². The van der Waals surface area contributed by atoms with Crippen LogP contribution in [-0.4, -0.2) is 49.5 Å². The zero-order valence-corrected chi connectivity index (χ0v) is 24.2.